The first-order valence-corrected chi connectivity index (χ1v) is 15.6. The minimum Gasteiger partial charge on any atom is -0.388 e. The number of nitrogens with zero attached hydrogens (tertiary/aromatic N) is 1. The minimum atomic E-state index is -0.460. The summed E-state index contributed by atoms with van der Waals surface area (Å²) in [6.45, 7) is 5.28. The van der Waals surface area contributed by atoms with Gasteiger partial charge in [-0.3, -0.25) is 9.59 Å². The van der Waals surface area contributed by atoms with Gasteiger partial charge in [-0.15, -0.1) is 0 Å². The predicted molar refractivity (Wildman–Crippen MR) is 171 cm³/mol. The van der Waals surface area contributed by atoms with Crippen molar-refractivity contribution in [3.63, 3.8) is 0 Å². The molecule has 42 heavy (non-hydrogen) atoms. The van der Waals surface area contributed by atoms with E-state index in [2.05, 4.69) is 28.9 Å². The Bertz CT molecular complexity index is 935. The molecule has 0 aromatic heterocycles. The molecule has 3 aliphatic rings. The number of anilines is 1. The average molecular weight is 590 g/mol. The zero-order chi connectivity index (χ0) is 31.3. The molecule has 2 fully saturated rings. The lowest BCUT2D eigenvalue weighted by molar-refractivity contribution is -0.111. The van der Waals surface area contributed by atoms with E-state index >= 15 is 0 Å². The van der Waals surface area contributed by atoms with Gasteiger partial charge in [0.1, 0.15) is 19.2 Å². The van der Waals surface area contributed by atoms with Gasteiger partial charge in [0.15, 0.2) is 0 Å². The number of amides is 1. The fraction of sp³-hybridized carbons (Fsp3) is 0.676. The van der Waals surface area contributed by atoms with Crippen molar-refractivity contribution >= 4 is 30.7 Å². The highest BCUT2D eigenvalue weighted by molar-refractivity contribution is 5.87. The van der Waals surface area contributed by atoms with Crippen LogP contribution in [-0.4, -0.2) is 70.5 Å². The third kappa shape index (κ3) is 13.7. The summed E-state index contributed by atoms with van der Waals surface area (Å²) < 4.78 is 16.1. The highest BCUT2D eigenvalue weighted by Crippen LogP contribution is 2.37. The van der Waals surface area contributed by atoms with E-state index < -0.39 is 6.67 Å². The Kier molecular flexibility index (Phi) is 19.8. The molecular weight excluding hydrogens is 533 g/mol. The standard InChI is InChI=1S/C12H23N.C11H9NO2.C9H18FNO.C2H6O/c1-10-12(8-9-13(10)2)11-6-4-3-5-7-11;13-6-8-3-9-1-2-11(12-7-14)5-10(9)4-8;1-2-8(7-12)4-3-5-9(11)6-10;1-3-2/h10-12H,3-9H2,1-2H3;1-2,4-7H,3H2,(H,12,14);7-9H,2-6,11H2,1H3;1-2H3. The topological polar surface area (TPSA) is 102 Å². The highest BCUT2D eigenvalue weighted by Gasteiger charge is 2.34. The fourth-order valence-corrected chi connectivity index (χ4v) is 6.00. The number of rotatable bonds is 11. The van der Waals surface area contributed by atoms with Gasteiger partial charge in [0.25, 0.3) is 0 Å². The number of fused-ring (bicyclic) bond motifs is 1. The number of halogens is 1. The first-order valence-electron chi connectivity index (χ1n) is 15.6. The SMILES string of the molecule is CC1C(C2CCCCC2)CCN1C.CCC(C=O)CCCC(N)CF.COC.O=CNc1ccc2c(c1)C=C(C=O)C2. The first-order chi connectivity index (χ1) is 20.3. The molecule has 238 valence electrons. The number of carbonyl (C=O) groups excluding carboxylic acids is 3. The van der Waals surface area contributed by atoms with Crippen molar-refractivity contribution in [2.75, 3.05) is 39.8 Å². The van der Waals surface area contributed by atoms with E-state index in [0.717, 1.165) is 72.1 Å². The zero-order valence-corrected chi connectivity index (χ0v) is 26.7. The molecule has 8 heteroatoms. The number of hydrogen-bond donors (Lipinski definition) is 2. The van der Waals surface area contributed by atoms with Crippen molar-refractivity contribution in [1.82, 2.24) is 4.90 Å². The molecule has 0 radical (unpaired) electrons. The van der Waals surface area contributed by atoms with Crippen LogP contribution in [0.4, 0.5) is 10.1 Å². The Hall–Kier alpha value is -2.42. The number of methoxy groups -OCH3 is 1. The van der Waals surface area contributed by atoms with Crippen molar-refractivity contribution in [3.8, 4) is 0 Å². The van der Waals surface area contributed by atoms with Crippen molar-refractivity contribution in [2.24, 2.45) is 23.5 Å². The van der Waals surface area contributed by atoms with E-state index in [-0.39, 0.29) is 12.0 Å². The maximum absolute atomic E-state index is 11.9. The molecule has 0 spiro atoms. The van der Waals surface area contributed by atoms with Gasteiger partial charge in [0, 0.05) is 44.3 Å². The van der Waals surface area contributed by atoms with Gasteiger partial charge in [0.05, 0.1) is 0 Å². The molecule has 1 saturated heterocycles. The maximum atomic E-state index is 11.9. The van der Waals surface area contributed by atoms with E-state index in [0.29, 0.717) is 19.3 Å². The summed E-state index contributed by atoms with van der Waals surface area (Å²) >= 11 is 0. The van der Waals surface area contributed by atoms with Gasteiger partial charge in [-0.1, -0.05) is 51.5 Å². The predicted octanol–water partition coefficient (Wildman–Crippen LogP) is 6.24. The number of hydrogen-bond acceptors (Lipinski definition) is 6. The van der Waals surface area contributed by atoms with Gasteiger partial charge >= 0.3 is 0 Å². The minimum absolute atomic E-state index is 0.136. The number of benzene rings is 1. The lowest BCUT2D eigenvalue weighted by atomic mass is 9.77. The number of alkyl halides is 1. The quantitative estimate of drug-likeness (QED) is 0.296. The zero-order valence-electron chi connectivity index (χ0n) is 26.7. The first kappa shape index (κ1) is 37.6. The van der Waals surface area contributed by atoms with Crippen LogP contribution in [0.15, 0.2) is 23.8 Å². The van der Waals surface area contributed by atoms with Gasteiger partial charge in [0.2, 0.25) is 6.41 Å². The summed E-state index contributed by atoms with van der Waals surface area (Å²) in [5, 5.41) is 2.57. The lowest BCUT2D eigenvalue weighted by Gasteiger charge is -2.31. The number of aldehydes is 2. The van der Waals surface area contributed by atoms with Crippen LogP contribution in [0, 0.1) is 17.8 Å². The molecular formula is C34H56FN3O4. The molecule has 1 aromatic carbocycles. The van der Waals surface area contributed by atoms with Crippen molar-refractivity contribution < 1.29 is 23.5 Å². The normalized spacial score (nSPS) is 21.1. The second-order valence-electron chi connectivity index (χ2n) is 11.8. The Balaban J connectivity index is 0.000000302. The molecule has 2 aliphatic carbocycles. The van der Waals surface area contributed by atoms with E-state index in [1.807, 2.05) is 31.2 Å². The molecule has 7 nitrogen and oxygen atoms in total. The van der Waals surface area contributed by atoms with E-state index in [1.165, 1.54) is 45.1 Å². The molecule has 1 aromatic rings. The molecule has 4 unspecified atom stereocenters. The smallest absolute Gasteiger partial charge is 0.211 e. The molecule has 4 rings (SSSR count). The van der Waals surface area contributed by atoms with Crippen LogP contribution in [0.25, 0.3) is 6.08 Å². The molecule has 1 heterocycles. The van der Waals surface area contributed by atoms with Gasteiger partial charge in [-0.2, -0.15) is 0 Å². The number of nitrogens with two attached hydrogens (primary N) is 1. The Morgan fingerprint density at radius 1 is 1.12 bits per heavy atom. The van der Waals surface area contributed by atoms with Crippen LogP contribution in [0.3, 0.4) is 0 Å². The summed E-state index contributed by atoms with van der Waals surface area (Å²) in [4.78, 5) is 33.7. The molecule has 1 amide bonds. The van der Waals surface area contributed by atoms with E-state index in [4.69, 9.17) is 5.73 Å². The Morgan fingerprint density at radius 3 is 2.33 bits per heavy atom. The average Bonchev–Trinajstić information content (AvgIpc) is 3.58. The Morgan fingerprint density at radius 2 is 1.81 bits per heavy atom. The molecule has 1 saturated carbocycles. The summed E-state index contributed by atoms with van der Waals surface area (Å²) in [6.07, 6.45) is 17.2. The second kappa shape index (κ2) is 22.2. The molecule has 3 N–H and O–H groups in total. The Labute approximate surface area is 253 Å². The van der Waals surface area contributed by atoms with Crippen molar-refractivity contribution in [3.05, 3.63) is 34.9 Å². The van der Waals surface area contributed by atoms with Crippen molar-refractivity contribution in [1.29, 1.82) is 0 Å². The monoisotopic (exact) mass is 589 g/mol. The van der Waals surface area contributed by atoms with Crippen LogP contribution >= 0.6 is 0 Å². The summed E-state index contributed by atoms with van der Waals surface area (Å²) in [7, 11) is 5.54. The number of nitrogens with one attached hydrogen (secondary N) is 1. The molecule has 4 atom stereocenters. The van der Waals surface area contributed by atoms with Gasteiger partial charge in [-0.25, -0.2) is 4.39 Å². The third-order valence-electron chi connectivity index (χ3n) is 8.71. The van der Waals surface area contributed by atoms with Gasteiger partial charge < -0.3 is 25.5 Å². The fourth-order valence-electron chi connectivity index (χ4n) is 6.00. The lowest BCUT2D eigenvalue weighted by Crippen LogP contribution is -2.30. The summed E-state index contributed by atoms with van der Waals surface area (Å²) in [5.41, 5.74) is 9.05. The largest absolute Gasteiger partial charge is 0.388 e. The number of carbonyl (C=O) groups is 3. The third-order valence-corrected chi connectivity index (χ3v) is 8.71. The second-order valence-corrected chi connectivity index (χ2v) is 11.8. The van der Waals surface area contributed by atoms with Crippen LogP contribution in [0.5, 0.6) is 0 Å². The molecule has 1 aliphatic heterocycles. The summed E-state index contributed by atoms with van der Waals surface area (Å²) in [6, 6.07) is 6.13. The van der Waals surface area contributed by atoms with E-state index in [1.54, 1.807) is 14.2 Å². The maximum Gasteiger partial charge on any atom is 0.211 e. The number of allylic oxidation sites excluding steroid dienone is 1. The van der Waals surface area contributed by atoms with Crippen LogP contribution in [0.1, 0.15) is 89.2 Å². The molecule has 0 bridgehead atoms. The summed E-state index contributed by atoms with van der Waals surface area (Å²) in [5.74, 6) is 2.22. The number of ether oxygens (including phenoxy) is 1. The van der Waals surface area contributed by atoms with Crippen LogP contribution in [-0.2, 0) is 25.5 Å². The van der Waals surface area contributed by atoms with Crippen LogP contribution in [0.2, 0.25) is 0 Å². The van der Waals surface area contributed by atoms with Crippen LogP contribution < -0.4 is 11.1 Å². The van der Waals surface area contributed by atoms with E-state index in [9.17, 15) is 18.8 Å². The van der Waals surface area contributed by atoms with Gasteiger partial charge in [-0.05, 0) is 92.9 Å². The highest BCUT2D eigenvalue weighted by atomic mass is 19.1. The van der Waals surface area contributed by atoms with Crippen molar-refractivity contribution in [2.45, 2.75) is 96.6 Å². The number of likely N-dealkylation sites (tertiary alicyclic amines) is 1.